The highest BCUT2D eigenvalue weighted by Crippen LogP contribution is 2.33. The second kappa shape index (κ2) is 6.19. The molecule has 0 aliphatic carbocycles. The zero-order valence-electron chi connectivity index (χ0n) is 11.6. The highest BCUT2D eigenvalue weighted by molar-refractivity contribution is 5.75. The van der Waals surface area contributed by atoms with Gasteiger partial charge < -0.3 is 14.6 Å². The van der Waals surface area contributed by atoms with Crippen molar-refractivity contribution in [3.8, 4) is 0 Å². The summed E-state index contributed by atoms with van der Waals surface area (Å²) in [5, 5.41) is 9.44. The zero-order valence-corrected chi connectivity index (χ0v) is 11.6. The monoisotopic (exact) mass is 265 g/mol. The molecule has 1 aliphatic rings. The second-order valence-electron chi connectivity index (χ2n) is 5.47. The molecule has 5 nitrogen and oxygen atoms in total. The molecular weight excluding hydrogens is 242 g/mol. The minimum absolute atomic E-state index is 0.521. The van der Waals surface area contributed by atoms with E-state index < -0.39 is 11.4 Å². The largest absolute Gasteiger partial charge is 0.481 e. The average molecular weight is 265 g/mol. The van der Waals surface area contributed by atoms with E-state index in [4.69, 9.17) is 0 Å². The summed E-state index contributed by atoms with van der Waals surface area (Å²) in [7, 11) is 0. The predicted octanol–water partition coefficient (Wildman–Crippen LogP) is 1.85. The van der Waals surface area contributed by atoms with Gasteiger partial charge in [-0.2, -0.15) is 0 Å². The summed E-state index contributed by atoms with van der Waals surface area (Å²) in [5.41, 5.74) is -0.521. The molecule has 1 fully saturated rings. The summed E-state index contributed by atoms with van der Waals surface area (Å²) in [4.78, 5) is 17.8. The van der Waals surface area contributed by atoms with Gasteiger partial charge in [-0.3, -0.25) is 4.79 Å². The number of hydrogen-bond acceptors (Lipinski definition) is 3. The van der Waals surface area contributed by atoms with Crippen LogP contribution in [0.15, 0.2) is 18.7 Å². The molecule has 5 heteroatoms. The Balaban J connectivity index is 1.82. The molecule has 1 atom stereocenters. The van der Waals surface area contributed by atoms with Gasteiger partial charge in [-0.05, 0) is 38.8 Å². The highest BCUT2D eigenvalue weighted by Gasteiger charge is 2.40. The van der Waals surface area contributed by atoms with Crippen LogP contribution in [-0.2, 0) is 11.3 Å². The first-order valence-electron chi connectivity index (χ1n) is 7.08. The van der Waals surface area contributed by atoms with Crippen LogP contribution in [0.1, 0.15) is 32.6 Å². The van der Waals surface area contributed by atoms with E-state index in [0.717, 1.165) is 45.3 Å². The Kier molecular flexibility index (Phi) is 4.58. The lowest BCUT2D eigenvalue weighted by atomic mass is 9.77. The van der Waals surface area contributed by atoms with Crippen LogP contribution in [0, 0.1) is 5.41 Å². The molecule has 1 aromatic heterocycles. The Hall–Kier alpha value is -1.36. The van der Waals surface area contributed by atoms with Gasteiger partial charge in [0.1, 0.15) is 0 Å². The van der Waals surface area contributed by atoms with E-state index in [0.29, 0.717) is 6.54 Å². The number of aromatic nitrogens is 2. The van der Waals surface area contributed by atoms with Crippen molar-refractivity contribution in [3.63, 3.8) is 0 Å². The van der Waals surface area contributed by atoms with Gasteiger partial charge in [-0.1, -0.05) is 6.92 Å². The number of rotatable bonds is 6. The number of carbonyl (C=O) groups is 1. The maximum Gasteiger partial charge on any atom is 0.310 e. The van der Waals surface area contributed by atoms with E-state index in [1.54, 1.807) is 6.20 Å². The van der Waals surface area contributed by atoms with Crippen LogP contribution in [0.3, 0.4) is 0 Å². The van der Waals surface area contributed by atoms with Gasteiger partial charge in [-0.25, -0.2) is 4.98 Å². The van der Waals surface area contributed by atoms with Crippen molar-refractivity contribution >= 4 is 5.97 Å². The summed E-state index contributed by atoms with van der Waals surface area (Å²) >= 11 is 0. The lowest BCUT2D eigenvalue weighted by Gasteiger charge is -2.39. The molecule has 1 aromatic rings. The molecule has 19 heavy (non-hydrogen) atoms. The fourth-order valence-corrected chi connectivity index (χ4v) is 2.93. The first kappa shape index (κ1) is 14.1. The normalized spacial score (nSPS) is 24.5. The van der Waals surface area contributed by atoms with Crippen LogP contribution >= 0.6 is 0 Å². The smallest absolute Gasteiger partial charge is 0.310 e. The first-order valence-corrected chi connectivity index (χ1v) is 7.08. The van der Waals surface area contributed by atoms with Crippen molar-refractivity contribution in [3.05, 3.63) is 18.7 Å². The van der Waals surface area contributed by atoms with E-state index in [1.165, 1.54) is 0 Å². The lowest BCUT2D eigenvalue weighted by Crippen LogP contribution is -2.47. The zero-order chi connectivity index (χ0) is 13.7. The van der Waals surface area contributed by atoms with E-state index in [2.05, 4.69) is 14.5 Å². The molecule has 0 aromatic carbocycles. The highest BCUT2D eigenvalue weighted by atomic mass is 16.4. The maximum atomic E-state index is 11.5. The number of aryl methyl sites for hydroxylation is 1. The van der Waals surface area contributed by atoms with Crippen LogP contribution in [-0.4, -0.2) is 45.2 Å². The maximum absolute atomic E-state index is 11.5. The third-order valence-electron chi connectivity index (χ3n) is 4.24. The van der Waals surface area contributed by atoms with Gasteiger partial charge in [0.05, 0.1) is 11.7 Å². The number of nitrogens with zero attached hydrogens (tertiary/aromatic N) is 3. The molecule has 0 saturated carbocycles. The topological polar surface area (TPSA) is 58.4 Å². The first-order chi connectivity index (χ1) is 9.16. The number of carboxylic acids is 1. The fraction of sp³-hybridized carbons (Fsp3) is 0.714. The minimum atomic E-state index is -0.630. The lowest BCUT2D eigenvalue weighted by molar-refractivity contribution is -0.152. The summed E-state index contributed by atoms with van der Waals surface area (Å²) < 4.78 is 2.06. The molecule has 0 bridgehead atoms. The molecule has 1 unspecified atom stereocenters. The molecule has 1 aliphatic heterocycles. The van der Waals surface area contributed by atoms with Crippen molar-refractivity contribution in [2.75, 3.05) is 19.6 Å². The van der Waals surface area contributed by atoms with Crippen LogP contribution in [0.4, 0.5) is 0 Å². The van der Waals surface area contributed by atoms with E-state index >= 15 is 0 Å². The van der Waals surface area contributed by atoms with Gasteiger partial charge in [0, 0.05) is 25.5 Å². The van der Waals surface area contributed by atoms with Crippen LogP contribution in [0.25, 0.3) is 0 Å². The fourth-order valence-electron chi connectivity index (χ4n) is 2.93. The Morgan fingerprint density at radius 1 is 1.47 bits per heavy atom. The summed E-state index contributed by atoms with van der Waals surface area (Å²) in [6.45, 7) is 5.63. The van der Waals surface area contributed by atoms with Gasteiger partial charge in [0.15, 0.2) is 0 Å². The summed E-state index contributed by atoms with van der Waals surface area (Å²) in [5.74, 6) is -0.630. The van der Waals surface area contributed by atoms with Crippen molar-refractivity contribution in [2.45, 2.75) is 39.2 Å². The predicted molar refractivity (Wildman–Crippen MR) is 72.9 cm³/mol. The van der Waals surface area contributed by atoms with Crippen molar-refractivity contribution < 1.29 is 9.90 Å². The molecule has 2 heterocycles. The second-order valence-corrected chi connectivity index (χ2v) is 5.47. The van der Waals surface area contributed by atoms with E-state index in [-0.39, 0.29) is 0 Å². The van der Waals surface area contributed by atoms with Gasteiger partial charge in [0.2, 0.25) is 0 Å². The molecule has 106 valence electrons. The molecule has 2 rings (SSSR count). The molecule has 0 amide bonds. The number of aliphatic carboxylic acids is 1. The number of carboxylic acid groups (broad SMARTS) is 1. The molecule has 0 spiro atoms. The SMILES string of the molecule is CCC1(C(=O)O)CCCN(CCCn2ccnc2)C1. The Morgan fingerprint density at radius 2 is 2.32 bits per heavy atom. The summed E-state index contributed by atoms with van der Waals surface area (Å²) in [6.07, 6.45) is 9.14. The molecule has 1 saturated heterocycles. The van der Waals surface area contributed by atoms with Gasteiger partial charge in [0.25, 0.3) is 0 Å². The Morgan fingerprint density at radius 3 is 2.95 bits per heavy atom. The molecular formula is C14H23N3O2. The third kappa shape index (κ3) is 3.35. The number of hydrogen-bond donors (Lipinski definition) is 1. The van der Waals surface area contributed by atoms with Crippen LogP contribution in [0.2, 0.25) is 0 Å². The average Bonchev–Trinajstić information content (AvgIpc) is 2.92. The number of piperidine rings is 1. The summed E-state index contributed by atoms with van der Waals surface area (Å²) in [6, 6.07) is 0. The Bertz CT molecular complexity index is 405. The quantitative estimate of drug-likeness (QED) is 0.853. The molecule has 0 radical (unpaired) electrons. The van der Waals surface area contributed by atoms with Crippen molar-refractivity contribution in [2.24, 2.45) is 5.41 Å². The van der Waals surface area contributed by atoms with Crippen molar-refractivity contribution in [1.29, 1.82) is 0 Å². The van der Waals surface area contributed by atoms with Crippen LogP contribution in [0.5, 0.6) is 0 Å². The van der Waals surface area contributed by atoms with Crippen molar-refractivity contribution in [1.82, 2.24) is 14.5 Å². The minimum Gasteiger partial charge on any atom is -0.481 e. The number of imidazole rings is 1. The van der Waals surface area contributed by atoms with E-state index in [9.17, 15) is 9.90 Å². The van der Waals surface area contributed by atoms with Gasteiger partial charge >= 0.3 is 5.97 Å². The number of likely N-dealkylation sites (tertiary alicyclic amines) is 1. The van der Waals surface area contributed by atoms with Crippen LogP contribution < -0.4 is 0 Å². The molecule has 1 N–H and O–H groups in total. The van der Waals surface area contributed by atoms with E-state index in [1.807, 2.05) is 19.4 Å². The Labute approximate surface area is 114 Å². The third-order valence-corrected chi connectivity index (χ3v) is 4.24. The van der Waals surface area contributed by atoms with Gasteiger partial charge in [-0.15, -0.1) is 0 Å². The standard InChI is InChI=1S/C14H23N3O2/c1-2-14(13(18)19)5-3-7-16(11-14)8-4-9-17-10-6-15-12-17/h6,10,12H,2-5,7-9,11H2,1H3,(H,18,19).